The van der Waals surface area contributed by atoms with Gasteiger partial charge in [0.15, 0.2) is 0 Å². The van der Waals surface area contributed by atoms with Crippen molar-refractivity contribution >= 4 is 11.3 Å². The van der Waals surface area contributed by atoms with E-state index in [1.54, 1.807) is 17.5 Å². The smallest absolute Gasteiger partial charge is 0.114 e. The van der Waals surface area contributed by atoms with Crippen LogP contribution in [0.2, 0.25) is 0 Å². The van der Waals surface area contributed by atoms with E-state index in [9.17, 15) is 4.39 Å². The lowest BCUT2D eigenvalue weighted by atomic mass is 10.2. The second kappa shape index (κ2) is 6.99. The van der Waals surface area contributed by atoms with Gasteiger partial charge in [-0.3, -0.25) is 9.80 Å². The van der Waals surface area contributed by atoms with Crippen LogP contribution < -0.4 is 0 Å². The Morgan fingerprint density at radius 1 is 1.63 bits per heavy atom. The van der Waals surface area contributed by atoms with Gasteiger partial charge in [-0.2, -0.15) is 0 Å². The molecule has 2 atom stereocenters. The summed E-state index contributed by atoms with van der Waals surface area (Å²) < 4.78 is 13.6. The third kappa shape index (κ3) is 4.27. The van der Waals surface area contributed by atoms with Gasteiger partial charge >= 0.3 is 0 Å². The minimum absolute atomic E-state index is 0.266. The van der Waals surface area contributed by atoms with E-state index in [1.807, 2.05) is 19.4 Å². The molecular weight excluding hydrogens is 261 g/mol. The number of halogens is 1. The number of likely N-dealkylation sites (tertiary alicyclic amines) is 1. The molecule has 0 saturated carbocycles. The van der Waals surface area contributed by atoms with Gasteiger partial charge < -0.3 is 0 Å². The number of nitrogens with zero attached hydrogens (tertiary/aromatic N) is 3. The summed E-state index contributed by atoms with van der Waals surface area (Å²) in [6.07, 6.45) is 1.71. The molecule has 5 heteroatoms. The third-order valence-corrected chi connectivity index (χ3v) is 4.11. The number of hydrogen-bond acceptors (Lipinski definition) is 4. The maximum atomic E-state index is 13.6. The third-order valence-electron chi connectivity index (χ3n) is 3.35. The van der Waals surface area contributed by atoms with Crippen LogP contribution in [0.4, 0.5) is 4.39 Å². The predicted octanol–water partition coefficient (Wildman–Crippen LogP) is 2.01. The number of thiazole rings is 1. The number of rotatable bonds is 5. The van der Waals surface area contributed by atoms with Crippen molar-refractivity contribution in [3.8, 4) is 11.8 Å². The first-order valence-corrected chi connectivity index (χ1v) is 7.41. The Balaban J connectivity index is 1.90. The van der Waals surface area contributed by atoms with E-state index < -0.39 is 6.17 Å². The molecule has 1 aliphatic heterocycles. The quantitative estimate of drug-likeness (QED) is 0.770. The van der Waals surface area contributed by atoms with Gasteiger partial charge in [-0.15, -0.1) is 17.3 Å². The average Bonchev–Trinajstić information content (AvgIpc) is 2.98. The Hall–Kier alpha value is -0.960. The highest BCUT2D eigenvalue weighted by atomic mass is 32.1. The normalized spacial score (nSPS) is 23.6. The van der Waals surface area contributed by atoms with Crippen molar-refractivity contribution in [2.75, 3.05) is 26.7 Å². The molecule has 1 aromatic rings. The summed E-state index contributed by atoms with van der Waals surface area (Å²) >= 11 is 1.63. The molecule has 0 aromatic carbocycles. The lowest BCUT2D eigenvalue weighted by molar-refractivity contribution is 0.192. The molecular formula is C14H20FN3S. The first kappa shape index (κ1) is 14.4. The van der Waals surface area contributed by atoms with E-state index in [0.29, 0.717) is 13.0 Å². The monoisotopic (exact) mass is 281 g/mol. The minimum Gasteiger partial charge on any atom is -0.294 e. The van der Waals surface area contributed by atoms with Crippen LogP contribution >= 0.6 is 11.3 Å². The number of likely N-dealkylation sites (N-methyl/N-ethyl adjacent to an activating group) is 1. The van der Waals surface area contributed by atoms with Crippen molar-refractivity contribution < 1.29 is 4.39 Å². The molecule has 0 bridgehead atoms. The van der Waals surface area contributed by atoms with Crippen molar-refractivity contribution in [1.29, 1.82) is 0 Å². The summed E-state index contributed by atoms with van der Waals surface area (Å²) in [4.78, 5) is 8.65. The van der Waals surface area contributed by atoms with E-state index >= 15 is 0 Å². The molecule has 0 amide bonds. The zero-order chi connectivity index (χ0) is 13.7. The molecule has 0 spiro atoms. The van der Waals surface area contributed by atoms with Crippen LogP contribution in [0, 0.1) is 11.8 Å². The molecule has 0 radical (unpaired) electrons. The standard InChI is InChI=1S/C14H20FN3S/c1-3-4-6-17(2)10-13-8-12(15)9-18(13)11-14-16-5-7-19-14/h5,7,12-13H,6,8-11H2,1-2H3/t12-,13-/m0/s1. The second-order valence-electron chi connectivity index (χ2n) is 4.97. The SMILES string of the molecule is CC#CCN(C)C[C@@H]1C[C@H](F)CN1Cc1nccs1. The summed E-state index contributed by atoms with van der Waals surface area (Å²) in [5.41, 5.74) is 0. The number of alkyl halides is 1. The maximum absolute atomic E-state index is 13.6. The Bertz CT molecular complexity index is 437. The highest BCUT2D eigenvalue weighted by Gasteiger charge is 2.32. The Morgan fingerprint density at radius 3 is 3.16 bits per heavy atom. The fraction of sp³-hybridized carbons (Fsp3) is 0.643. The molecule has 1 aromatic heterocycles. The summed E-state index contributed by atoms with van der Waals surface area (Å²) in [7, 11) is 2.04. The minimum atomic E-state index is -0.712. The predicted molar refractivity (Wildman–Crippen MR) is 76.8 cm³/mol. The second-order valence-corrected chi connectivity index (χ2v) is 5.94. The highest BCUT2D eigenvalue weighted by Crippen LogP contribution is 2.23. The summed E-state index contributed by atoms with van der Waals surface area (Å²) in [5.74, 6) is 5.94. The average molecular weight is 281 g/mol. The first-order chi connectivity index (χ1) is 9.19. The van der Waals surface area contributed by atoms with E-state index in [4.69, 9.17) is 0 Å². The fourth-order valence-electron chi connectivity index (χ4n) is 2.45. The van der Waals surface area contributed by atoms with Crippen LogP contribution in [0.3, 0.4) is 0 Å². The van der Waals surface area contributed by atoms with Crippen LogP contribution in [-0.4, -0.2) is 53.7 Å². The molecule has 2 rings (SSSR count). The first-order valence-electron chi connectivity index (χ1n) is 6.53. The molecule has 0 unspecified atom stereocenters. The van der Waals surface area contributed by atoms with Crippen molar-refractivity contribution in [2.24, 2.45) is 0 Å². The van der Waals surface area contributed by atoms with Gasteiger partial charge in [-0.25, -0.2) is 9.37 Å². The van der Waals surface area contributed by atoms with Gasteiger partial charge in [0.1, 0.15) is 11.2 Å². The van der Waals surface area contributed by atoms with Crippen LogP contribution in [-0.2, 0) is 6.54 Å². The van der Waals surface area contributed by atoms with Gasteiger partial charge in [0.05, 0.1) is 13.1 Å². The Morgan fingerprint density at radius 2 is 2.47 bits per heavy atom. The van der Waals surface area contributed by atoms with Gasteiger partial charge in [0, 0.05) is 30.7 Å². The van der Waals surface area contributed by atoms with Crippen molar-refractivity contribution in [3.05, 3.63) is 16.6 Å². The Labute approximate surface area is 118 Å². The molecule has 1 fully saturated rings. The van der Waals surface area contributed by atoms with Crippen LogP contribution in [0.5, 0.6) is 0 Å². The highest BCUT2D eigenvalue weighted by molar-refractivity contribution is 7.09. The lowest BCUT2D eigenvalue weighted by Gasteiger charge is -2.26. The Kier molecular flexibility index (Phi) is 5.32. The lowest BCUT2D eigenvalue weighted by Crippen LogP contribution is -2.38. The molecule has 19 heavy (non-hydrogen) atoms. The molecule has 2 heterocycles. The van der Waals surface area contributed by atoms with E-state index in [-0.39, 0.29) is 6.04 Å². The van der Waals surface area contributed by atoms with Crippen LogP contribution in [0.1, 0.15) is 18.4 Å². The zero-order valence-electron chi connectivity index (χ0n) is 11.5. The van der Waals surface area contributed by atoms with Gasteiger partial charge in [-0.1, -0.05) is 5.92 Å². The summed E-state index contributed by atoms with van der Waals surface area (Å²) in [5, 5.41) is 3.03. The van der Waals surface area contributed by atoms with Crippen LogP contribution in [0.15, 0.2) is 11.6 Å². The largest absolute Gasteiger partial charge is 0.294 e. The van der Waals surface area contributed by atoms with E-state index in [2.05, 4.69) is 26.6 Å². The summed E-state index contributed by atoms with van der Waals surface area (Å²) in [6, 6.07) is 0.266. The molecule has 1 saturated heterocycles. The maximum Gasteiger partial charge on any atom is 0.114 e. The van der Waals surface area contributed by atoms with E-state index in [1.165, 1.54) is 0 Å². The molecule has 1 aliphatic rings. The zero-order valence-corrected chi connectivity index (χ0v) is 12.3. The van der Waals surface area contributed by atoms with Crippen molar-refractivity contribution in [1.82, 2.24) is 14.8 Å². The molecule has 0 N–H and O–H groups in total. The number of aromatic nitrogens is 1. The van der Waals surface area contributed by atoms with Gasteiger partial charge in [0.2, 0.25) is 0 Å². The summed E-state index contributed by atoms with van der Waals surface area (Å²) in [6.45, 7) is 4.74. The molecule has 0 aliphatic carbocycles. The van der Waals surface area contributed by atoms with E-state index in [0.717, 1.165) is 24.6 Å². The topological polar surface area (TPSA) is 19.4 Å². The van der Waals surface area contributed by atoms with Crippen LogP contribution in [0.25, 0.3) is 0 Å². The van der Waals surface area contributed by atoms with Crippen molar-refractivity contribution in [3.63, 3.8) is 0 Å². The number of hydrogen-bond donors (Lipinski definition) is 0. The van der Waals surface area contributed by atoms with Crippen molar-refractivity contribution in [2.45, 2.75) is 32.1 Å². The van der Waals surface area contributed by atoms with Gasteiger partial charge in [0.25, 0.3) is 0 Å². The fourth-order valence-corrected chi connectivity index (χ4v) is 3.09. The molecule has 3 nitrogen and oxygen atoms in total. The molecule has 104 valence electrons. The van der Waals surface area contributed by atoms with Gasteiger partial charge in [-0.05, 0) is 20.4 Å².